The van der Waals surface area contributed by atoms with Gasteiger partial charge in [0.2, 0.25) is 0 Å². The number of nitrogen functional groups attached to an aromatic ring is 1. The summed E-state index contributed by atoms with van der Waals surface area (Å²) in [6, 6.07) is 2.98. The number of amides is 1. The number of carbonyl (C=O) groups is 1. The molecule has 0 radical (unpaired) electrons. The number of hydrogen-bond donors (Lipinski definition) is 2. The summed E-state index contributed by atoms with van der Waals surface area (Å²) in [5, 5.41) is 8.77. The second-order valence-corrected chi connectivity index (χ2v) is 4.94. The van der Waals surface area contributed by atoms with E-state index < -0.39 is 42.4 Å². The van der Waals surface area contributed by atoms with E-state index in [1.807, 2.05) is 0 Å². The number of carboxylic acid groups (broad SMARTS) is 1. The predicted molar refractivity (Wildman–Crippen MR) is 69.4 cm³/mol. The largest absolute Gasteiger partial charge is 0.487 e. The first-order valence-corrected chi connectivity index (χ1v) is 6.44. The number of rotatable bonds is 2. The number of halogens is 4. The molecule has 0 bridgehead atoms. The van der Waals surface area contributed by atoms with Crippen LogP contribution in [0.2, 0.25) is 0 Å². The Morgan fingerprint density at radius 2 is 2.09 bits per heavy atom. The van der Waals surface area contributed by atoms with Crippen LogP contribution < -0.4 is 10.5 Å². The normalized spacial score (nSPS) is 22.5. The summed E-state index contributed by atoms with van der Waals surface area (Å²) in [5.74, 6) is -0.516. The fraction of sp³-hybridized carbons (Fsp3) is 0.462. The van der Waals surface area contributed by atoms with Crippen LogP contribution in [-0.2, 0) is 6.18 Å². The van der Waals surface area contributed by atoms with Gasteiger partial charge in [0.05, 0.1) is 12.1 Å². The minimum absolute atomic E-state index is 0.00323. The zero-order valence-corrected chi connectivity index (χ0v) is 11.3. The highest BCUT2D eigenvalue weighted by molar-refractivity contribution is 5.65. The Bertz CT molecular complexity index is 565. The van der Waals surface area contributed by atoms with Crippen molar-refractivity contribution < 1.29 is 32.2 Å². The molecule has 2 rings (SSSR count). The van der Waals surface area contributed by atoms with E-state index in [1.54, 1.807) is 0 Å². The van der Waals surface area contributed by atoms with Gasteiger partial charge in [-0.05, 0) is 18.2 Å². The highest BCUT2D eigenvalue weighted by atomic mass is 19.4. The standard InChI is InChI=1S/C13H14F4N2O3/c14-9-6-19(12(20)21)4-3-11(9)22-10-2-1-7(18)5-8(10)13(15,16)17/h1-2,5,9,11H,3-4,6,18H2,(H,20,21)/t9-,11-/m1/s1. The first-order chi connectivity index (χ1) is 10.2. The third-order valence-electron chi connectivity index (χ3n) is 3.34. The Morgan fingerprint density at radius 1 is 1.41 bits per heavy atom. The summed E-state index contributed by atoms with van der Waals surface area (Å²) in [4.78, 5) is 11.6. The summed E-state index contributed by atoms with van der Waals surface area (Å²) in [5.41, 5.74) is 4.17. The van der Waals surface area contributed by atoms with Gasteiger partial charge in [-0.3, -0.25) is 0 Å². The smallest absolute Gasteiger partial charge is 0.420 e. The molecule has 9 heteroatoms. The Morgan fingerprint density at radius 3 is 2.64 bits per heavy atom. The van der Waals surface area contributed by atoms with Crippen LogP contribution in [0.25, 0.3) is 0 Å². The van der Waals surface area contributed by atoms with E-state index in [-0.39, 0.29) is 18.7 Å². The minimum Gasteiger partial charge on any atom is -0.487 e. The van der Waals surface area contributed by atoms with Crippen molar-refractivity contribution in [3.05, 3.63) is 23.8 Å². The number of likely N-dealkylation sites (tertiary alicyclic amines) is 1. The van der Waals surface area contributed by atoms with E-state index in [0.29, 0.717) is 0 Å². The summed E-state index contributed by atoms with van der Waals surface area (Å²) in [6.07, 6.45) is -8.83. The van der Waals surface area contributed by atoms with Crippen LogP contribution in [0.15, 0.2) is 18.2 Å². The number of ether oxygens (including phenoxy) is 1. The molecule has 0 aliphatic carbocycles. The van der Waals surface area contributed by atoms with E-state index >= 15 is 0 Å². The molecule has 0 saturated carbocycles. The Hall–Kier alpha value is -2.19. The van der Waals surface area contributed by atoms with E-state index in [0.717, 1.165) is 17.0 Å². The van der Waals surface area contributed by atoms with Gasteiger partial charge >= 0.3 is 12.3 Å². The summed E-state index contributed by atoms with van der Waals surface area (Å²) < 4.78 is 57.9. The van der Waals surface area contributed by atoms with E-state index in [9.17, 15) is 22.4 Å². The lowest BCUT2D eigenvalue weighted by molar-refractivity contribution is -0.139. The molecule has 0 aromatic heterocycles. The van der Waals surface area contributed by atoms with Crippen molar-refractivity contribution >= 4 is 11.8 Å². The highest BCUT2D eigenvalue weighted by Gasteiger charge is 2.38. The lowest BCUT2D eigenvalue weighted by Gasteiger charge is -2.33. The van der Waals surface area contributed by atoms with Crippen LogP contribution in [0.5, 0.6) is 5.75 Å². The van der Waals surface area contributed by atoms with Crippen molar-refractivity contribution in [2.45, 2.75) is 24.9 Å². The van der Waals surface area contributed by atoms with Crippen LogP contribution in [0.4, 0.5) is 28.0 Å². The van der Waals surface area contributed by atoms with Gasteiger partial charge in [0, 0.05) is 18.7 Å². The maximum absolute atomic E-state index is 13.9. The number of nitrogens with two attached hydrogens (primary N) is 1. The topological polar surface area (TPSA) is 75.8 Å². The summed E-state index contributed by atoms with van der Waals surface area (Å²) in [6.45, 7) is -0.437. The molecular weight excluding hydrogens is 308 g/mol. The third kappa shape index (κ3) is 3.52. The second-order valence-electron chi connectivity index (χ2n) is 4.94. The van der Waals surface area contributed by atoms with Crippen molar-refractivity contribution in [3.63, 3.8) is 0 Å². The molecule has 122 valence electrons. The van der Waals surface area contributed by atoms with Crippen LogP contribution in [0.3, 0.4) is 0 Å². The van der Waals surface area contributed by atoms with E-state index in [1.165, 1.54) is 6.07 Å². The zero-order valence-electron chi connectivity index (χ0n) is 11.3. The van der Waals surface area contributed by atoms with Crippen LogP contribution >= 0.6 is 0 Å². The van der Waals surface area contributed by atoms with Crippen LogP contribution in [-0.4, -0.2) is 41.5 Å². The maximum Gasteiger partial charge on any atom is 0.420 e. The van der Waals surface area contributed by atoms with Crippen molar-refractivity contribution in [2.75, 3.05) is 18.8 Å². The van der Waals surface area contributed by atoms with Gasteiger partial charge in [0.1, 0.15) is 11.9 Å². The van der Waals surface area contributed by atoms with Gasteiger partial charge in [0.25, 0.3) is 0 Å². The van der Waals surface area contributed by atoms with E-state index in [4.69, 9.17) is 15.6 Å². The van der Waals surface area contributed by atoms with Crippen molar-refractivity contribution in [1.29, 1.82) is 0 Å². The number of alkyl halides is 4. The predicted octanol–water partition coefficient (Wildman–Crippen LogP) is 2.76. The van der Waals surface area contributed by atoms with Gasteiger partial charge in [0.15, 0.2) is 6.17 Å². The summed E-state index contributed by atoms with van der Waals surface area (Å²) >= 11 is 0. The molecular formula is C13H14F4N2O3. The molecule has 1 aromatic rings. The Kier molecular flexibility index (Phi) is 4.34. The SMILES string of the molecule is Nc1ccc(O[C@@H]2CCN(C(=O)O)C[C@H]2F)c(C(F)(F)F)c1. The van der Waals surface area contributed by atoms with Gasteiger partial charge in [-0.1, -0.05) is 0 Å². The molecule has 0 spiro atoms. The molecule has 1 amide bonds. The highest BCUT2D eigenvalue weighted by Crippen LogP contribution is 2.38. The molecule has 22 heavy (non-hydrogen) atoms. The van der Waals surface area contributed by atoms with Gasteiger partial charge in [-0.15, -0.1) is 0 Å². The maximum atomic E-state index is 13.9. The molecule has 1 saturated heterocycles. The minimum atomic E-state index is -4.68. The molecule has 1 aromatic carbocycles. The third-order valence-corrected chi connectivity index (χ3v) is 3.34. The molecule has 1 aliphatic heterocycles. The molecule has 1 heterocycles. The molecule has 0 unspecified atom stereocenters. The average Bonchev–Trinajstić information content (AvgIpc) is 2.41. The van der Waals surface area contributed by atoms with Crippen molar-refractivity contribution in [1.82, 2.24) is 4.90 Å². The van der Waals surface area contributed by atoms with Crippen LogP contribution in [0.1, 0.15) is 12.0 Å². The zero-order chi connectivity index (χ0) is 16.5. The second kappa shape index (κ2) is 5.90. The molecule has 2 atom stereocenters. The molecule has 1 fully saturated rings. The first kappa shape index (κ1) is 16.2. The number of anilines is 1. The lowest BCUT2D eigenvalue weighted by atomic mass is 10.1. The van der Waals surface area contributed by atoms with Crippen LogP contribution in [0, 0.1) is 0 Å². The number of benzene rings is 1. The molecule has 1 aliphatic rings. The van der Waals surface area contributed by atoms with Gasteiger partial charge < -0.3 is 20.5 Å². The first-order valence-electron chi connectivity index (χ1n) is 6.44. The Balaban J connectivity index is 2.16. The fourth-order valence-corrected chi connectivity index (χ4v) is 2.22. The van der Waals surface area contributed by atoms with Crippen molar-refractivity contribution in [3.8, 4) is 5.75 Å². The molecule has 5 nitrogen and oxygen atoms in total. The monoisotopic (exact) mass is 322 g/mol. The Labute approximate surface area is 123 Å². The average molecular weight is 322 g/mol. The fourth-order valence-electron chi connectivity index (χ4n) is 2.22. The van der Waals surface area contributed by atoms with Crippen molar-refractivity contribution in [2.24, 2.45) is 0 Å². The van der Waals surface area contributed by atoms with E-state index in [2.05, 4.69) is 0 Å². The molecule has 3 N–H and O–H groups in total. The van der Waals surface area contributed by atoms with Gasteiger partial charge in [-0.2, -0.15) is 13.2 Å². The quantitative estimate of drug-likeness (QED) is 0.648. The summed E-state index contributed by atoms with van der Waals surface area (Å²) in [7, 11) is 0. The number of piperidine rings is 1. The number of hydrogen-bond acceptors (Lipinski definition) is 3. The lowest BCUT2D eigenvalue weighted by Crippen LogP contribution is -2.48. The number of nitrogens with zero attached hydrogens (tertiary/aromatic N) is 1. The van der Waals surface area contributed by atoms with Gasteiger partial charge in [-0.25, -0.2) is 9.18 Å².